The molecule has 0 saturated carbocycles. The number of aryl methyl sites for hydroxylation is 1. The SMILES string of the molecule is Cc1cc(Sc2nnc(N(C)C)s2)nc(-c2cccnc2)n1. The normalized spacial score (nSPS) is 10.7. The fourth-order valence-corrected chi connectivity index (χ4v) is 3.50. The Morgan fingerprint density at radius 1 is 1.18 bits per heavy atom. The molecule has 0 radical (unpaired) electrons. The highest BCUT2D eigenvalue weighted by molar-refractivity contribution is 8.01. The third-order valence-corrected chi connectivity index (χ3v) is 4.78. The van der Waals surface area contributed by atoms with Crippen molar-refractivity contribution >= 4 is 28.2 Å². The molecule has 0 saturated heterocycles. The van der Waals surface area contributed by atoms with Crippen molar-refractivity contribution in [3.05, 3.63) is 36.3 Å². The van der Waals surface area contributed by atoms with Crippen molar-refractivity contribution in [1.82, 2.24) is 25.1 Å². The molecular formula is C14H14N6S2. The molecule has 8 heteroatoms. The van der Waals surface area contributed by atoms with Crippen LogP contribution in [0.3, 0.4) is 0 Å². The van der Waals surface area contributed by atoms with E-state index in [-0.39, 0.29) is 0 Å². The van der Waals surface area contributed by atoms with Crippen LogP contribution in [0.2, 0.25) is 0 Å². The van der Waals surface area contributed by atoms with Crippen LogP contribution in [0.1, 0.15) is 5.69 Å². The standard InChI is InChI=1S/C14H14N6S2/c1-9-7-11(21-14-19-18-13(22-14)20(2)3)17-12(16-9)10-5-4-6-15-8-10/h4-8H,1-3H3. The number of hydrogen-bond acceptors (Lipinski definition) is 8. The van der Waals surface area contributed by atoms with Gasteiger partial charge < -0.3 is 4.90 Å². The van der Waals surface area contributed by atoms with E-state index in [1.165, 1.54) is 23.1 Å². The number of anilines is 1. The lowest BCUT2D eigenvalue weighted by molar-refractivity contribution is 0.966. The molecule has 0 aromatic carbocycles. The summed E-state index contributed by atoms with van der Waals surface area (Å²) in [4.78, 5) is 15.1. The van der Waals surface area contributed by atoms with Crippen LogP contribution in [-0.4, -0.2) is 39.2 Å². The molecule has 0 N–H and O–H groups in total. The Hall–Kier alpha value is -2.06. The molecule has 0 fully saturated rings. The first-order chi connectivity index (χ1) is 10.6. The Bertz CT molecular complexity index is 772. The highest BCUT2D eigenvalue weighted by Gasteiger charge is 2.11. The minimum Gasteiger partial charge on any atom is -0.353 e. The number of pyridine rings is 1. The zero-order valence-corrected chi connectivity index (χ0v) is 14.0. The van der Waals surface area contributed by atoms with Crippen molar-refractivity contribution in [1.29, 1.82) is 0 Å². The quantitative estimate of drug-likeness (QED) is 0.681. The van der Waals surface area contributed by atoms with Gasteiger partial charge >= 0.3 is 0 Å². The van der Waals surface area contributed by atoms with Crippen LogP contribution in [0.15, 0.2) is 40.0 Å². The van der Waals surface area contributed by atoms with Gasteiger partial charge in [-0.25, -0.2) is 9.97 Å². The molecule has 3 aromatic rings. The topological polar surface area (TPSA) is 67.7 Å². The van der Waals surface area contributed by atoms with Crippen molar-refractivity contribution in [3.63, 3.8) is 0 Å². The van der Waals surface area contributed by atoms with Gasteiger partial charge in [-0.15, -0.1) is 10.2 Å². The second-order valence-electron chi connectivity index (χ2n) is 4.76. The van der Waals surface area contributed by atoms with Crippen LogP contribution < -0.4 is 4.90 Å². The molecule has 3 aromatic heterocycles. The molecule has 0 aliphatic carbocycles. The van der Waals surface area contributed by atoms with Crippen molar-refractivity contribution in [2.75, 3.05) is 19.0 Å². The van der Waals surface area contributed by atoms with Crippen LogP contribution in [0.5, 0.6) is 0 Å². The highest BCUT2D eigenvalue weighted by atomic mass is 32.2. The molecule has 0 atom stereocenters. The first-order valence-corrected chi connectivity index (χ1v) is 8.20. The van der Waals surface area contributed by atoms with Gasteiger partial charge in [-0.05, 0) is 36.9 Å². The van der Waals surface area contributed by atoms with E-state index in [2.05, 4.69) is 25.1 Å². The largest absolute Gasteiger partial charge is 0.353 e. The lowest BCUT2D eigenvalue weighted by Crippen LogP contribution is -2.07. The summed E-state index contributed by atoms with van der Waals surface area (Å²) in [5.74, 6) is 0.674. The van der Waals surface area contributed by atoms with Crippen molar-refractivity contribution < 1.29 is 0 Å². The minimum absolute atomic E-state index is 0.674. The van der Waals surface area contributed by atoms with Gasteiger partial charge in [0.05, 0.1) is 0 Å². The molecular weight excluding hydrogens is 316 g/mol. The van der Waals surface area contributed by atoms with Gasteiger partial charge in [-0.3, -0.25) is 4.98 Å². The molecule has 3 heterocycles. The Labute approximate surface area is 136 Å². The maximum atomic E-state index is 4.59. The smallest absolute Gasteiger partial charge is 0.208 e. The van der Waals surface area contributed by atoms with Gasteiger partial charge in [0.1, 0.15) is 5.03 Å². The maximum absolute atomic E-state index is 4.59. The fraction of sp³-hybridized carbons (Fsp3) is 0.214. The first-order valence-electron chi connectivity index (χ1n) is 6.56. The van der Waals surface area contributed by atoms with Crippen LogP contribution in [-0.2, 0) is 0 Å². The predicted molar refractivity (Wildman–Crippen MR) is 88.4 cm³/mol. The van der Waals surface area contributed by atoms with Gasteiger partial charge in [0.2, 0.25) is 5.13 Å². The summed E-state index contributed by atoms with van der Waals surface area (Å²) in [6.45, 7) is 1.96. The summed E-state index contributed by atoms with van der Waals surface area (Å²) in [5.41, 5.74) is 1.81. The summed E-state index contributed by atoms with van der Waals surface area (Å²) in [7, 11) is 3.90. The third-order valence-electron chi connectivity index (χ3n) is 2.72. The highest BCUT2D eigenvalue weighted by Crippen LogP contribution is 2.32. The van der Waals surface area contributed by atoms with Gasteiger partial charge in [0.25, 0.3) is 0 Å². The van der Waals surface area contributed by atoms with Crippen molar-refractivity contribution in [3.8, 4) is 11.4 Å². The third kappa shape index (κ3) is 3.40. The van der Waals surface area contributed by atoms with Gasteiger partial charge in [-0.2, -0.15) is 0 Å². The monoisotopic (exact) mass is 330 g/mol. The Morgan fingerprint density at radius 2 is 2.05 bits per heavy atom. The van der Waals surface area contributed by atoms with E-state index in [1.54, 1.807) is 12.4 Å². The molecule has 112 valence electrons. The van der Waals surface area contributed by atoms with Gasteiger partial charge in [0.15, 0.2) is 10.2 Å². The second kappa shape index (κ2) is 6.37. The predicted octanol–water partition coefficient (Wildman–Crippen LogP) is 2.92. The van der Waals surface area contributed by atoms with E-state index < -0.39 is 0 Å². The maximum Gasteiger partial charge on any atom is 0.208 e. The van der Waals surface area contributed by atoms with Crippen LogP contribution in [0.4, 0.5) is 5.13 Å². The van der Waals surface area contributed by atoms with E-state index in [0.29, 0.717) is 5.82 Å². The average molecular weight is 330 g/mol. The van der Waals surface area contributed by atoms with E-state index in [1.807, 2.05) is 44.1 Å². The van der Waals surface area contributed by atoms with Gasteiger partial charge in [0, 0.05) is 37.7 Å². The second-order valence-corrected chi connectivity index (χ2v) is 6.98. The molecule has 0 unspecified atom stereocenters. The molecule has 22 heavy (non-hydrogen) atoms. The van der Waals surface area contributed by atoms with Crippen LogP contribution in [0, 0.1) is 6.92 Å². The lowest BCUT2D eigenvalue weighted by Gasteiger charge is -2.04. The molecule has 0 spiro atoms. The Kier molecular flexibility index (Phi) is 4.30. The fourth-order valence-electron chi connectivity index (χ4n) is 1.73. The van der Waals surface area contributed by atoms with Crippen LogP contribution >= 0.6 is 23.1 Å². The summed E-state index contributed by atoms with van der Waals surface area (Å²) in [6, 6.07) is 5.77. The summed E-state index contributed by atoms with van der Waals surface area (Å²) < 4.78 is 0.860. The zero-order chi connectivity index (χ0) is 15.5. The van der Waals surface area contributed by atoms with Gasteiger partial charge in [-0.1, -0.05) is 11.3 Å². The number of hydrogen-bond donors (Lipinski definition) is 0. The molecule has 0 aliphatic heterocycles. The number of aromatic nitrogens is 5. The number of nitrogens with zero attached hydrogens (tertiary/aromatic N) is 6. The van der Waals surface area contributed by atoms with E-state index >= 15 is 0 Å². The van der Waals surface area contributed by atoms with Crippen molar-refractivity contribution in [2.24, 2.45) is 0 Å². The molecule has 0 aliphatic rings. The Morgan fingerprint density at radius 3 is 2.73 bits per heavy atom. The summed E-state index contributed by atoms with van der Waals surface area (Å²) in [5, 5.41) is 10.0. The molecule has 6 nitrogen and oxygen atoms in total. The van der Waals surface area contributed by atoms with Crippen LogP contribution in [0.25, 0.3) is 11.4 Å². The number of rotatable bonds is 4. The minimum atomic E-state index is 0.674. The zero-order valence-electron chi connectivity index (χ0n) is 12.4. The first kappa shape index (κ1) is 14.9. The summed E-state index contributed by atoms with van der Waals surface area (Å²) >= 11 is 3.03. The van der Waals surface area contributed by atoms with Crippen molar-refractivity contribution in [2.45, 2.75) is 16.3 Å². The van der Waals surface area contributed by atoms with E-state index in [9.17, 15) is 0 Å². The van der Waals surface area contributed by atoms with E-state index in [0.717, 1.165) is 25.8 Å². The average Bonchev–Trinajstić information content (AvgIpc) is 2.96. The van der Waals surface area contributed by atoms with E-state index in [4.69, 9.17) is 0 Å². The molecule has 0 bridgehead atoms. The molecule has 3 rings (SSSR count). The Balaban J connectivity index is 1.89. The summed E-state index contributed by atoms with van der Waals surface area (Å²) in [6.07, 6.45) is 3.50. The lowest BCUT2D eigenvalue weighted by atomic mass is 10.2. The molecule has 0 amide bonds.